The summed E-state index contributed by atoms with van der Waals surface area (Å²) >= 11 is 0. The predicted molar refractivity (Wildman–Crippen MR) is 69.5 cm³/mol. The molecule has 4 heteroatoms. The van der Waals surface area contributed by atoms with Gasteiger partial charge in [-0.1, -0.05) is 23.8 Å². The SMILES string of the molecule is Cc1ccc(OCC(=O)Nc2ccccn2)cc1. The van der Waals surface area contributed by atoms with Gasteiger partial charge in [0.15, 0.2) is 6.61 Å². The van der Waals surface area contributed by atoms with Gasteiger partial charge in [0.25, 0.3) is 5.91 Å². The van der Waals surface area contributed by atoms with Crippen molar-refractivity contribution in [2.75, 3.05) is 11.9 Å². The Balaban J connectivity index is 1.83. The molecule has 1 aromatic heterocycles. The van der Waals surface area contributed by atoms with Gasteiger partial charge in [0.1, 0.15) is 11.6 Å². The number of aryl methyl sites for hydroxylation is 1. The van der Waals surface area contributed by atoms with E-state index in [0.29, 0.717) is 11.6 Å². The standard InChI is InChI=1S/C14H14N2O2/c1-11-5-7-12(8-6-11)18-10-14(17)16-13-4-2-3-9-15-13/h2-9H,10H2,1H3,(H,15,16,17). The highest BCUT2D eigenvalue weighted by atomic mass is 16.5. The minimum atomic E-state index is -0.228. The zero-order chi connectivity index (χ0) is 12.8. The quantitative estimate of drug-likeness (QED) is 0.895. The normalized spacial score (nSPS) is 9.83. The molecule has 0 bridgehead atoms. The monoisotopic (exact) mass is 242 g/mol. The predicted octanol–water partition coefficient (Wildman–Crippen LogP) is 2.41. The molecule has 0 radical (unpaired) electrons. The number of pyridine rings is 1. The van der Waals surface area contributed by atoms with Crippen LogP contribution in [0, 0.1) is 6.92 Å². The zero-order valence-corrected chi connectivity index (χ0v) is 10.1. The van der Waals surface area contributed by atoms with Gasteiger partial charge in [-0.05, 0) is 31.2 Å². The van der Waals surface area contributed by atoms with Gasteiger partial charge in [-0.25, -0.2) is 4.98 Å². The molecule has 0 atom stereocenters. The molecule has 0 fully saturated rings. The minimum Gasteiger partial charge on any atom is -0.484 e. The molecule has 0 unspecified atom stereocenters. The zero-order valence-electron chi connectivity index (χ0n) is 10.1. The van der Waals surface area contributed by atoms with Crippen molar-refractivity contribution in [3.63, 3.8) is 0 Å². The molecular formula is C14H14N2O2. The summed E-state index contributed by atoms with van der Waals surface area (Å²) in [5.41, 5.74) is 1.15. The molecule has 0 saturated carbocycles. The number of ether oxygens (including phenoxy) is 1. The summed E-state index contributed by atoms with van der Waals surface area (Å²) in [6.45, 7) is 1.97. The van der Waals surface area contributed by atoms with Gasteiger partial charge in [0.05, 0.1) is 0 Å². The van der Waals surface area contributed by atoms with Gasteiger partial charge in [-0.3, -0.25) is 4.79 Å². The van der Waals surface area contributed by atoms with E-state index in [1.807, 2.05) is 37.3 Å². The lowest BCUT2D eigenvalue weighted by Crippen LogP contribution is -2.20. The maximum Gasteiger partial charge on any atom is 0.263 e. The third kappa shape index (κ3) is 3.59. The molecule has 1 aromatic carbocycles. The van der Waals surface area contributed by atoms with E-state index in [1.54, 1.807) is 18.3 Å². The summed E-state index contributed by atoms with van der Waals surface area (Å²) in [6.07, 6.45) is 1.62. The number of amides is 1. The van der Waals surface area contributed by atoms with Crippen LogP contribution in [0.15, 0.2) is 48.7 Å². The summed E-state index contributed by atoms with van der Waals surface area (Å²) in [5.74, 6) is 0.973. The Hall–Kier alpha value is -2.36. The number of nitrogens with zero attached hydrogens (tertiary/aromatic N) is 1. The molecule has 2 aromatic rings. The molecule has 0 aliphatic rings. The Kier molecular flexibility index (Phi) is 3.91. The molecule has 0 saturated heterocycles. The molecular weight excluding hydrogens is 228 g/mol. The summed E-state index contributed by atoms with van der Waals surface area (Å²) in [7, 11) is 0. The van der Waals surface area contributed by atoms with Crippen LogP contribution in [-0.2, 0) is 4.79 Å². The van der Waals surface area contributed by atoms with Gasteiger partial charge in [0, 0.05) is 6.20 Å². The first kappa shape index (κ1) is 12.1. The largest absolute Gasteiger partial charge is 0.484 e. The third-order valence-electron chi connectivity index (χ3n) is 2.32. The topological polar surface area (TPSA) is 51.2 Å². The summed E-state index contributed by atoms with van der Waals surface area (Å²) in [6, 6.07) is 12.9. The van der Waals surface area contributed by atoms with Gasteiger partial charge in [0.2, 0.25) is 0 Å². The number of anilines is 1. The highest BCUT2D eigenvalue weighted by Crippen LogP contribution is 2.11. The lowest BCUT2D eigenvalue weighted by Gasteiger charge is -2.06. The average Bonchev–Trinajstić information content (AvgIpc) is 2.39. The highest BCUT2D eigenvalue weighted by molar-refractivity contribution is 5.90. The van der Waals surface area contributed by atoms with Gasteiger partial charge in [-0.15, -0.1) is 0 Å². The Morgan fingerprint density at radius 2 is 2.00 bits per heavy atom. The number of benzene rings is 1. The molecule has 0 aliphatic heterocycles. The second kappa shape index (κ2) is 5.82. The average molecular weight is 242 g/mol. The van der Waals surface area contributed by atoms with E-state index in [-0.39, 0.29) is 12.5 Å². The van der Waals surface area contributed by atoms with Crippen molar-refractivity contribution in [3.05, 3.63) is 54.2 Å². The summed E-state index contributed by atoms with van der Waals surface area (Å²) in [4.78, 5) is 15.6. The number of nitrogens with one attached hydrogen (secondary N) is 1. The lowest BCUT2D eigenvalue weighted by atomic mass is 10.2. The number of hydrogen-bond donors (Lipinski definition) is 1. The Labute approximate surface area is 106 Å². The van der Waals surface area contributed by atoms with Crippen molar-refractivity contribution in [2.45, 2.75) is 6.92 Å². The molecule has 0 aliphatic carbocycles. The van der Waals surface area contributed by atoms with Crippen LogP contribution in [0.25, 0.3) is 0 Å². The second-order valence-corrected chi connectivity index (χ2v) is 3.86. The maximum absolute atomic E-state index is 11.6. The fourth-order valence-corrected chi connectivity index (χ4v) is 1.40. The Morgan fingerprint density at radius 1 is 1.22 bits per heavy atom. The first-order chi connectivity index (χ1) is 8.74. The summed E-state index contributed by atoms with van der Waals surface area (Å²) in [5, 5.41) is 2.65. The van der Waals surface area contributed by atoms with Crippen LogP contribution in [0.2, 0.25) is 0 Å². The van der Waals surface area contributed by atoms with E-state index < -0.39 is 0 Å². The summed E-state index contributed by atoms with van der Waals surface area (Å²) < 4.78 is 5.36. The Bertz CT molecular complexity index is 509. The van der Waals surface area contributed by atoms with E-state index >= 15 is 0 Å². The first-order valence-electron chi connectivity index (χ1n) is 5.64. The van der Waals surface area contributed by atoms with Gasteiger partial charge >= 0.3 is 0 Å². The molecule has 92 valence electrons. The Morgan fingerprint density at radius 3 is 2.67 bits per heavy atom. The van der Waals surface area contributed by atoms with Crippen LogP contribution >= 0.6 is 0 Å². The fraction of sp³-hybridized carbons (Fsp3) is 0.143. The van der Waals surface area contributed by atoms with Crippen molar-refractivity contribution < 1.29 is 9.53 Å². The number of aromatic nitrogens is 1. The number of carbonyl (C=O) groups excluding carboxylic acids is 1. The van der Waals surface area contributed by atoms with Crippen molar-refractivity contribution in [1.29, 1.82) is 0 Å². The van der Waals surface area contributed by atoms with Crippen LogP contribution in [-0.4, -0.2) is 17.5 Å². The van der Waals surface area contributed by atoms with E-state index in [1.165, 1.54) is 0 Å². The van der Waals surface area contributed by atoms with Crippen molar-refractivity contribution >= 4 is 11.7 Å². The van der Waals surface area contributed by atoms with Gasteiger partial charge < -0.3 is 10.1 Å². The number of carbonyl (C=O) groups is 1. The van der Waals surface area contributed by atoms with Crippen LogP contribution in [0.1, 0.15) is 5.56 Å². The van der Waals surface area contributed by atoms with Gasteiger partial charge in [-0.2, -0.15) is 0 Å². The van der Waals surface area contributed by atoms with Crippen molar-refractivity contribution in [3.8, 4) is 5.75 Å². The van der Waals surface area contributed by atoms with Crippen molar-refractivity contribution in [1.82, 2.24) is 4.98 Å². The van der Waals surface area contributed by atoms with E-state index in [0.717, 1.165) is 5.56 Å². The molecule has 18 heavy (non-hydrogen) atoms. The van der Waals surface area contributed by atoms with Crippen LogP contribution in [0.4, 0.5) is 5.82 Å². The number of rotatable bonds is 4. The first-order valence-corrected chi connectivity index (χ1v) is 5.64. The minimum absolute atomic E-state index is 0.0281. The third-order valence-corrected chi connectivity index (χ3v) is 2.32. The second-order valence-electron chi connectivity index (χ2n) is 3.86. The van der Waals surface area contributed by atoms with Crippen molar-refractivity contribution in [2.24, 2.45) is 0 Å². The van der Waals surface area contributed by atoms with E-state index in [2.05, 4.69) is 10.3 Å². The lowest BCUT2D eigenvalue weighted by molar-refractivity contribution is -0.118. The molecule has 1 amide bonds. The molecule has 1 N–H and O–H groups in total. The van der Waals surface area contributed by atoms with Crippen LogP contribution in [0.3, 0.4) is 0 Å². The smallest absolute Gasteiger partial charge is 0.263 e. The molecule has 1 heterocycles. The fourth-order valence-electron chi connectivity index (χ4n) is 1.40. The van der Waals surface area contributed by atoms with E-state index in [9.17, 15) is 4.79 Å². The number of hydrogen-bond acceptors (Lipinski definition) is 3. The molecule has 0 spiro atoms. The molecule has 4 nitrogen and oxygen atoms in total. The van der Waals surface area contributed by atoms with E-state index in [4.69, 9.17) is 4.74 Å². The molecule has 2 rings (SSSR count). The maximum atomic E-state index is 11.6. The van der Waals surface area contributed by atoms with Crippen LogP contribution in [0.5, 0.6) is 5.75 Å². The van der Waals surface area contributed by atoms with Crippen LogP contribution < -0.4 is 10.1 Å². The highest BCUT2D eigenvalue weighted by Gasteiger charge is 2.03.